The molecule has 0 fully saturated rings. The van der Waals surface area contributed by atoms with Gasteiger partial charge in [0.25, 0.3) is 0 Å². The molecular formula is C15H22N2. The van der Waals surface area contributed by atoms with E-state index in [1.165, 1.54) is 18.4 Å². The summed E-state index contributed by atoms with van der Waals surface area (Å²) >= 11 is 0. The minimum atomic E-state index is 0.350. The van der Waals surface area contributed by atoms with Crippen LogP contribution in [0.15, 0.2) is 24.3 Å². The van der Waals surface area contributed by atoms with Crippen LogP contribution in [-0.4, -0.2) is 6.54 Å². The molecule has 0 radical (unpaired) electrons. The van der Waals surface area contributed by atoms with Crippen LogP contribution < -0.4 is 5.32 Å². The average molecular weight is 230 g/mol. The lowest BCUT2D eigenvalue weighted by atomic mass is 10.0. The maximum atomic E-state index is 8.74. The fraction of sp³-hybridized carbons (Fsp3) is 0.533. The first-order valence-electron chi connectivity index (χ1n) is 6.44. The molecule has 92 valence electrons. The second-order valence-electron chi connectivity index (χ2n) is 4.55. The zero-order valence-electron chi connectivity index (χ0n) is 11.0. The summed E-state index contributed by atoms with van der Waals surface area (Å²) in [5, 5.41) is 12.3. The Labute approximate surface area is 105 Å². The summed E-state index contributed by atoms with van der Waals surface area (Å²) in [5.74, 6) is 0.760. The largest absolute Gasteiger partial charge is 0.310 e. The quantitative estimate of drug-likeness (QED) is 0.809. The maximum absolute atomic E-state index is 8.74. The van der Waals surface area contributed by atoms with Crippen LogP contribution in [0.1, 0.15) is 50.8 Å². The second-order valence-corrected chi connectivity index (χ2v) is 4.55. The van der Waals surface area contributed by atoms with E-state index in [-0.39, 0.29) is 0 Å². The van der Waals surface area contributed by atoms with Gasteiger partial charge in [0.2, 0.25) is 0 Å². The third-order valence-corrected chi connectivity index (χ3v) is 3.41. The van der Waals surface area contributed by atoms with Crippen molar-refractivity contribution in [2.75, 3.05) is 6.54 Å². The SMILES string of the molecule is CCC(CC)CNC(C)c1ccc(C#N)cc1. The van der Waals surface area contributed by atoms with Gasteiger partial charge in [-0.2, -0.15) is 5.26 Å². The van der Waals surface area contributed by atoms with Gasteiger partial charge in [0.05, 0.1) is 11.6 Å². The van der Waals surface area contributed by atoms with Crippen LogP contribution >= 0.6 is 0 Å². The molecule has 0 aliphatic carbocycles. The minimum absolute atomic E-state index is 0.350. The second kappa shape index (κ2) is 7.09. The number of nitriles is 1. The van der Waals surface area contributed by atoms with Gasteiger partial charge in [-0.25, -0.2) is 0 Å². The van der Waals surface area contributed by atoms with E-state index in [0.717, 1.165) is 18.0 Å². The Kier molecular flexibility index (Phi) is 5.72. The van der Waals surface area contributed by atoms with Crippen molar-refractivity contribution < 1.29 is 0 Å². The van der Waals surface area contributed by atoms with Gasteiger partial charge in [-0.15, -0.1) is 0 Å². The standard InChI is InChI=1S/C15H22N2/c1-4-13(5-2)11-17-12(3)15-8-6-14(10-16)7-9-15/h6-9,12-13,17H,4-5,11H2,1-3H3. The van der Waals surface area contributed by atoms with E-state index in [1.54, 1.807) is 0 Å². The number of rotatable bonds is 6. The minimum Gasteiger partial charge on any atom is -0.310 e. The summed E-state index contributed by atoms with van der Waals surface area (Å²) in [5.41, 5.74) is 1.97. The van der Waals surface area contributed by atoms with Crippen LogP contribution in [-0.2, 0) is 0 Å². The lowest BCUT2D eigenvalue weighted by Crippen LogP contribution is -2.25. The van der Waals surface area contributed by atoms with E-state index in [4.69, 9.17) is 5.26 Å². The van der Waals surface area contributed by atoms with E-state index in [9.17, 15) is 0 Å². The summed E-state index contributed by atoms with van der Waals surface area (Å²) in [6.07, 6.45) is 2.45. The Balaban J connectivity index is 2.52. The summed E-state index contributed by atoms with van der Waals surface area (Å²) < 4.78 is 0. The van der Waals surface area contributed by atoms with Gasteiger partial charge in [0.1, 0.15) is 0 Å². The molecule has 0 spiro atoms. The molecule has 1 unspecified atom stereocenters. The zero-order valence-corrected chi connectivity index (χ0v) is 11.0. The van der Waals surface area contributed by atoms with Gasteiger partial charge in [-0.1, -0.05) is 38.8 Å². The molecule has 0 heterocycles. The Morgan fingerprint density at radius 2 is 1.76 bits per heavy atom. The van der Waals surface area contributed by atoms with E-state index >= 15 is 0 Å². The molecule has 0 aromatic heterocycles. The molecule has 1 atom stereocenters. The molecule has 0 saturated heterocycles. The number of benzene rings is 1. The van der Waals surface area contributed by atoms with E-state index < -0.39 is 0 Å². The highest BCUT2D eigenvalue weighted by Gasteiger charge is 2.08. The highest BCUT2D eigenvalue weighted by molar-refractivity contribution is 5.32. The third kappa shape index (κ3) is 4.20. The normalized spacial score (nSPS) is 12.4. The molecule has 1 rings (SSSR count). The Hall–Kier alpha value is -1.33. The monoisotopic (exact) mass is 230 g/mol. The topological polar surface area (TPSA) is 35.8 Å². The highest BCUT2D eigenvalue weighted by atomic mass is 14.9. The molecule has 1 N–H and O–H groups in total. The Bertz CT molecular complexity index is 358. The Morgan fingerprint density at radius 1 is 1.18 bits per heavy atom. The summed E-state index contributed by atoms with van der Waals surface area (Å²) in [4.78, 5) is 0. The number of nitrogens with one attached hydrogen (secondary N) is 1. The van der Waals surface area contributed by atoms with Crippen molar-refractivity contribution in [1.82, 2.24) is 5.32 Å². The van der Waals surface area contributed by atoms with Gasteiger partial charge >= 0.3 is 0 Å². The van der Waals surface area contributed by atoms with Crippen molar-refractivity contribution in [1.29, 1.82) is 5.26 Å². The smallest absolute Gasteiger partial charge is 0.0991 e. The highest BCUT2D eigenvalue weighted by Crippen LogP contribution is 2.14. The predicted molar refractivity (Wildman–Crippen MR) is 71.6 cm³/mol. The molecule has 0 saturated carbocycles. The Morgan fingerprint density at radius 3 is 2.24 bits per heavy atom. The molecule has 2 heteroatoms. The molecule has 2 nitrogen and oxygen atoms in total. The van der Waals surface area contributed by atoms with Crippen molar-refractivity contribution in [3.05, 3.63) is 35.4 Å². The molecule has 17 heavy (non-hydrogen) atoms. The first-order valence-corrected chi connectivity index (χ1v) is 6.44. The third-order valence-electron chi connectivity index (χ3n) is 3.41. The van der Waals surface area contributed by atoms with Crippen LogP contribution in [0.5, 0.6) is 0 Å². The molecular weight excluding hydrogens is 208 g/mol. The number of hydrogen-bond acceptors (Lipinski definition) is 2. The molecule has 0 aliphatic heterocycles. The average Bonchev–Trinajstić information content (AvgIpc) is 2.39. The van der Waals surface area contributed by atoms with Crippen LogP contribution in [0.2, 0.25) is 0 Å². The molecule has 1 aromatic carbocycles. The van der Waals surface area contributed by atoms with Gasteiger partial charge < -0.3 is 5.32 Å². The number of nitrogens with zero attached hydrogens (tertiary/aromatic N) is 1. The molecule has 0 bridgehead atoms. The lowest BCUT2D eigenvalue weighted by molar-refractivity contribution is 0.422. The van der Waals surface area contributed by atoms with E-state index in [0.29, 0.717) is 6.04 Å². The van der Waals surface area contributed by atoms with E-state index in [2.05, 4.69) is 32.2 Å². The molecule has 0 aliphatic rings. The van der Waals surface area contributed by atoms with Gasteiger partial charge in [0, 0.05) is 6.04 Å². The lowest BCUT2D eigenvalue weighted by Gasteiger charge is -2.18. The fourth-order valence-corrected chi connectivity index (χ4v) is 1.88. The van der Waals surface area contributed by atoms with Crippen molar-refractivity contribution in [3.8, 4) is 6.07 Å². The fourth-order valence-electron chi connectivity index (χ4n) is 1.88. The zero-order chi connectivity index (χ0) is 12.7. The van der Waals surface area contributed by atoms with Gasteiger partial charge in [0.15, 0.2) is 0 Å². The first-order chi connectivity index (χ1) is 8.21. The van der Waals surface area contributed by atoms with Gasteiger partial charge in [-0.05, 0) is 37.1 Å². The van der Waals surface area contributed by atoms with Gasteiger partial charge in [-0.3, -0.25) is 0 Å². The van der Waals surface area contributed by atoms with E-state index in [1.807, 2.05) is 24.3 Å². The van der Waals surface area contributed by atoms with Crippen LogP contribution in [0, 0.1) is 17.2 Å². The maximum Gasteiger partial charge on any atom is 0.0991 e. The summed E-state index contributed by atoms with van der Waals surface area (Å²) in [6.45, 7) is 7.71. The number of hydrogen-bond donors (Lipinski definition) is 1. The van der Waals surface area contributed by atoms with Crippen molar-refractivity contribution >= 4 is 0 Å². The molecule has 1 aromatic rings. The van der Waals surface area contributed by atoms with Crippen LogP contribution in [0.3, 0.4) is 0 Å². The van der Waals surface area contributed by atoms with Crippen molar-refractivity contribution in [2.24, 2.45) is 5.92 Å². The first kappa shape index (κ1) is 13.7. The molecule has 0 amide bonds. The van der Waals surface area contributed by atoms with Crippen LogP contribution in [0.4, 0.5) is 0 Å². The van der Waals surface area contributed by atoms with Crippen LogP contribution in [0.25, 0.3) is 0 Å². The predicted octanol–water partition coefficient (Wildman–Crippen LogP) is 3.65. The van der Waals surface area contributed by atoms with Crippen molar-refractivity contribution in [2.45, 2.75) is 39.7 Å². The van der Waals surface area contributed by atoms with Crippen molar-refractivity contribution in [3.63, 3.8) is 0 Å². The summed E-state index contributed by atoms with van der Waals surface area (Å²) in [7, 11) is 0. The summed E-state index contributed by atoms with van der Waals surface area (Å²) in [6, 6.07) is 10.3.